The minimum Gasteiger partial charge on any atom is -0.135 e. The number of hydrogen-bond donors (Lipinski definition) is 0. The zero-order chi connectivity index (χ0) is 27.4. The zero-order valence-electron chi connectivity index (χ0n) is 22.6. The summed E-state index contributed by atoms with van der Waals surface area (Å²) in [6.07, 6.45) is 0. The number of thiophene rings is 1. The Kier molecular flexibility index (Phi) is 6.87. The van der Waals surface area contributed by atoms with Crippen LogP contribution in [0.25, 0.3) is 65.4 Å². The Morgan fingerprint density at radius 3 is 0.683 bits per heavy atom. The summed E-state index contributed by atoms with van der Waals surface area (Å²) < 4.78 is 0. The lowest BCUT2D eigenvalue weighted by atomic mass is 9.99. The summed E-state index contributed by atoms with van der Waals surface area (Å²) in [7, 11) is 0. The largest absolute Gasteiger partial charge is 0.135 e. The van der Waals surface area contributed by atoms with E-state index in [0.717, 1.165) is 0 Å². The van der Waals surface area contributed by atoms with Crippen LogP contribution >= 0.6 is 11.3 Å². The molecule has 0 bridgehead atoms. The maximum atomic E-state index is 2.24. The SMILES string of the molecule is c1ccc(-c2ccc(-c3ccc(-c4ccc(-c5ccc(-c6ccc(-c7ccccc7)cc6)cc5)s4)cc3)cc2)cc1. The molecule has 1 aromatic heterocycles. The Hall–Kier alpha value is -4.98. The molecule has 0 amide bonds. The van der Waals surface area contributed by atoms with Gasteiger partial charge in [-0.15, -0.1) is 11.3 Å². The Morgan fingerprint density at radius 1 is 0.195 bits per heavy atom. The van der Waals surface area contributed by atoms with Crippen molar-refractivity contribution in [1.82, 2.24) is 0 Å². The van der Waals surface area contributed by atoms with E-state index in [1.807, 2.05) is 11.3 Å². The third-order valence-corrected chi connectivity index (χ3v) is 8.78. The molecule has 0 aliphatic carbocycles. The third kappa shape index (κ3) is 5.41. The lowest BCUT2D eigenvalue weighted by molar-refractivity contribution is 1.59. The first-order valence-corrected chi connectivity index (χ1v) is 14.7. The molecule has 0 unspecified atom stereocenters. The second-order valence-electron chi connectivity index (χ2n) is 10.2. The summed E-state index contributed by atoms with van der Waals surface area (Å²) in [6.45, 7) is 0. The number of hydrogen-bond acceptors (Lipinski definition) is 1. The average molecular weight is 541 g/mol. The van der Waals surface area contributed by atoms with Crippen molar-refractivity contribution in [3.63, 3.8) is 0 Å². The first-order chi connectivity index (χ1) is 20.3. The van der Waals surface area contributed by atoms with Gasteiger partial charge >= 0.3 is 0 Å². The van der Waals surface area contributed by atoms with E-state index in [1.54, 1.807) is 0 Å². The van der Waals surface area contributed by atoms with Crippen LogP contribution in [0.5, 0.6) is 0 Å². The van der Waals surface area contributed by atoms with Crippen LogP contribution in [-0.2, 0) is 0 Å². The summed E-state index contributed by atoms with van der Waals surface area (Å²) in [5.74, 6) is 0. The van der Waals surface area contributed by atoms with E-state index >= 15 is 0 Å². The lowest BCUT2D eigenvalue weighted by Crippen LogP contribution is -1.81. The smallest absolute Gasteiger partial charge is 0.0349 e. The zero-order valence-corrected chi connectivity index (χ0v) is 23.4. The topological polar surface area (TPSA) is 0 Å². The van der Waals surface area contributed by atoms with Gasteiger partial charge in [0.05, 0.1) is 0 Å². The molecular formula is C40H28S. The number of benzene rings is 6. The predicted octanol–water partition coefficient (Wildman–Crippen LogP) is 11.8. The molecule has 0 aliphatic rings. The van der Waals surface area contributed by atoms with Crippen LogP contribution in [0.2, 0.25) is 0 Å². The van der Waals surface area contributed by atoms with Gasteiger partial charge in [0.1, 0.15) is 0 Å². The van der Waals surface area contributed by atoms with Gasteiger partial charge in [-0.1, -0.05) is 158 Å². The summed E-state index contributed by atoms with van der Waals surface area (Å²) in [6, 6.07) is 61.0. The lowest BCUT2D eigenvalue weighted by Gasteiger charge is -2.06. The van der Waals surface area contributed by atoms with Crippen molar-refractivity contribution >= 4 is 11.3 Å². The van der Waals surface area contributed by atoms with E-state index in [4.69, 9.17) is 0 Å². The Morgan fingerprint density at radius 2 is 0.415 bits per heavy atom. The second-order valence-corrected chi connectivity index (χ2v) is 11.3. The predicted molar refractivity (Wildman–Crippen MR) is 177 cm³/mol. The van der Waals surface area contributed by atoms with Gasteiger partial charge in [0.25, 0.3) is 0 Å². The van der Waals surface area contributed by atoms with Crippen molar-refractivity contribution in [3.05, 3.63) is 170 Å². The summed E-state index contributed by atoms with van der Waals surface area (Å²) in [5.41, 5.74) is 12.4. The van der Waals surface area contributed by atoms with Gasteiger partial charge in [-0.25, -0.2) is 0 Å². The molecule has 194 valence electrons. The fourth-order valence-electron chi connectivity index (χ4n) is 5.27. The molecule has 0 saturated carbocycles. The summed E-state index contributed by atoms with van der Waals surface area (Å²) in [5, 5.41) is 0. The van der Waals surface area contributed by atoms with E-state index < -0.39 is 0 Å². The first-order valence-electron chi connectivity index (χ1n) is 13.9. The Bertz CT molecular complexity index is 1720. The third-order valence-electron chi connectivity index (χ3n) is 7.60. The Balaban J connectivity index is 1.05. The average Bonchev–Trinajstić information content (AvgIpc) is 3.57. The fraction of sp³-hybridized carbons (Fsp3) is 0. The van der Waals surface area contributed by atoms with Crippen LogP contribution in [0.15, 0.2) is 170 Å². The molecule has 7 aromatic rings. The minimum absolute atomic E-state index is 1.23. The normalized spacial score (nSPS) is 10.9. The van der Waals surface area contributed by atoms with Gasteiger partial charge in [-0.2, -0.15) is 0 Å². The van der Waals surface area contributed by atoms with Gasteiger partial charge < -0.3 is 0 Å². The Labute approximate surface area is 245 Å². The van der Waals surface area contributed by atoms with Crippen LogP contribution < -0.4 is 0 Å². The molecule has 0 radical (unpaired) electrons. The van der Waals surface area contributed by atoms with Crippen molar-refractivity contribution in [2.45, 2.75) is 0 Å². The highest BCUT2D eigenvalue weighted by atomic mass is 32.1. The van der Waals surface area contributed by atoms with Gasteiger partial charge in [0, 0.05) is 9.75 Å². The van der Waals surface area contributed by atoms with Crippen molar-refractivity contribution in [2.24, 2.45) is 0 Å². The molecule has 41 heavy (non-hydrogen) atoms. The molecule has 7 rings (SSSR count). The van der Waals surface area contributed by atoms with E-state index in [-0.39, 0.29) is 0 Å². The minimum atomic E-state index is 1.23. The highest BCUT2D eigenvalue weighted by Crippen LogP contribution is 2.36. The van der Waals surface area contributed by atoms with E-state index in [2.05, 4.69) is 170 Å². The van der Waals surface area contributed by atoms with Gasteiger partial charge in [0.15, 0.2) is 0 Å². The van der Waals surface area contributed by atoms with E-state index in [1.165, 1.54) is 65.4 Å². The monoisotopic (exact) mass is 540 g/mol. The van der Waals surface area contributed by atoms with Crippen LogP contribution in [0.1, 0.15) is 0 Å². The molecule has 6 aromatic carbocycles. The van der Waals surface area contributed by atoms with Crippen LogP contribution in [0, 0.1) is 0 Å². The fourth-order valence-corrected chi connectivity index (χ4v) is 6.29. The highest BCUT2D eigenvalue weighted by Gasteiger charge is 2.08. The van der Waals surface area contributed by atoms with Crippen molar-refractivity contribution in [2.75, 3.05) is 0 Å². The quantitative estimate of drug-likeness (QED) is 0.197. The molecule has 0 N–H and O–H groups in total. The molecule has 0 spiro atoms. The van der Waals surface area contributed by atoms with Crippen LogP contribution in [0.4, 0.5) is 0 Å². The van der Waals surface area contributed by atoms with E-state index in [0.29, 0.717) is 0 Å². The van der Waals surface area contributed by atoms with Crippen LogP contribution in [-0.4, -0.2) is 0 Å². The molecule has 0 saturated heterocycles. The standard InChI is InChI=1S/C40H28S/c1-3-7-29(8-4-1)31-11-15-33(16-12-31)35-19-23-37(24-20-35)39-27-28-40(41-39)38-25-21-36(22-26-38)34-17-13-32(14-18-34)30-9-5-2-6-10-30/h1-28H. The molecule has 1 heterocycles. The maximum absolute atomic E-state index is 2.24. The first kappa shape index (κ1) is 25.0. The van der Waals surface area contributed by atoms with Crippen molar-refractivity contribution in [1.29, 1.82) is 0 Å². The molecule has 0 atom stereocenters. The molecule has 0 fully saturated rings. The highest BCUT2D eigenvalue weighted by molar-refractivity contribution is 7.18. The van der Waals surface area contributed by atoms with Gasteiger partial charge in [-0.05, 0) is 67.8 Å². The molecular weight excluding hydrogens is 513 g/mol. The number of rotatable bonds is 6. The van der Waals surface area contributed by atoms with E-state index in [9.17, 15) is 0 Å². The summed E-state index contributed by atoms with van der Waals surface area (Å²) in [4.78, 5) is 2.57. The van der Waals surface area contributed by atoms with Gasteiger partial charge in [0.2, 0.25) is 0 Å². The summed E-state index contributed by atoms with van der Waals surface area (Å²) >= 11 is 1.84. The molecule has 0 nitrogen and oxygen atoms in total. The van der Waals surface area contributed by atoms with Gasteiger partial charge in [-0.3, -0.25) is 0 Å². The van der Waals surface area contributed by atoms with Crippen molar-refractivity contribution < 1.29 is 0 Å². The maximum Gasteiger partial charge on any atom is 0.0349 e. The molecule has 1 heteroatoms. The molecule has 0 aliphatic heterocycles. The second kappa shape index (κ2) is 11.3. The van der Waals surface area contributed by atoms with Crippen LogP contribution in [0.3, 0.4) is 0 Å². The van der Waals surface area contributed by atoms with Crippen molar-refractivity contribution in [3.8, 4) is 65.4 Å².